The summed E-state index contributed by atoms with van der Waals surface area (Å²) in [5.41, 5.74) is 3.95. The van der Waals surface area contributed by atoms with Crippen molar-refractivity contribution in [1.82, 2.24) is 4.90 Å². The summed E-state index contributed by atoms with van der Waals surface area (Å²) >= 11 is 0. The van der Waals surface area contributed by atoms with Gasteiger partial charge in [0.1, 0.15) is 11.8 Å². The monoisotopic (exact) mass is 556 g/mol. The maximum absolute atomic E-state index is 14.3. The summed E-state index contributed by atoms with van der Waals surface area (Å²) in [6, 6.07) is 32.2. The molecule has 0 aromatic heterocycles. The van der Waals surface area contributed by atoms with Gasteiger partial charge in [-0.3, -0.25) is 9.59 Å². The van der Waals surface area contributed by atoms with E-state index in [0.29, 0.717) is 11.4 Å². The molecule has 2 fully saturated rings. The molecule has 2 amide bonds. The second-order valence-corrected chi connectivity index (χ2v) is 10.7. The van der Waals surface area contributed by atoms with Gasteiger partial charge in [-0.1, -0.05) is 84.9 Å². The molecule has 42 heavy (non-hydrogen) atoms. The van der Waals surface area contributed by atoms with Gasteiger partial charge >= 0.3 is 5.97 Å². The van der Waals surface area contributed by atoms with Crippen molar-refractivity contribution >= 4 is 29.5 Å². The molecule has 7 heteroatoms. The summed E-state index contributed by atoms with van der Waals surface area (Å²) < 4.78 is 11.6. The van der Waals surface area contributed by atoms with Crippen LogP contribution in [-0.4, -0.2) is 35.8 Å². The lowest BCUT2D eigenvalue weighted by atomic mass is 9.84. The Morgan fingerprint density at radius 2 is 1.33 bits per heavy atom. The minimum absolute atomic E-state index is 0.326. The van der Waals surface area contributed by atoms with Crippen molar-refractivity contribution in [3.63, 3.8) is 0 Å². The molecule has 0 unspecified atom stereocenters. The molecule has 7 nitrogen and oxygen atoms in total. The van der Waals surface area contributed by atoms with Crippen LogP contribution >= 0.6 is 0 Å². The van der Waals surface area contributed by atoms with E-state index in [2.05, 4.69) is 0 Å². The average Bonchev–Trinajstić information content (AvgIpc) is 3.52. The van der Waals surface area contributed by atoms with Gasteiger partial charge in [0.05, 0.1) is 30.7 Å². The number of hydrogen-bond acceptors (Lipinski definition) is 6. The number of hydrogen-bond donors (Lipinski definition) is 0. The van der Waals surface area contributed by atoms with Crippen LogP contribution in [0, 0.1) is 11.8 Å². The number of methoxy groups -OCH3 is 1. The summed E-state index contributed by atoms with van der Waals surface area (Å²) in [6.07, 6.45) is 3.08. The number of esters is 1. The summed E-state index contributed by atoms with van der Waals surface area (Å²) in [5, 5.41) is 0. The van der Waals surface area contributed by atoms with E-state index in [-0.39, 0.29) is 5.91 Å². The Labute approximate surface area is 243 Å². The molecule has 3 aliphatic rings. The molecule has 2 saturated heterocycles. The highest BCUT2D eigenvalue weighted by atomic mass is 16.5. The highest BCUT2D eigenvalue weighted by Gasteiger charge is 2.65. The number of carbonyl (C=O) groups is 3. The fraction of sp³-hybridized carbons (Fsp3) is 0.171. The number of ether oxygens (including phenoxy) is 2. The lowest BCUT2D eigenvalue weighted by molar-refractivity contribution is -0.155. The topological polar surface area (TPSA) is 76.2 Å². The van der Waals surface area contributed by atoms with E-state index in [4.69, 9.17) is 9.47 Å². The Balaban J connectivity index is 1.30. The zero-order valence-electron chi connectivity index (χ0n) is 22.9. The van der Waals surface area contributed by atoms with E-state index in [0.717, 1.165) is 22.3 Å². The number of nitrogens with zero attached hydrogens (tertiary/aromatic N) is 2. The van der Waals surface area contributed by atoms with E-state index in [1.165, 1.54) is 4.90 Å². The predicted octanol–water partition coefficient (Wildman–Crippen LogP) is 5.54. The highest BCUT2D eigenvalue weighted by Crippen LogP contribution is 2.53. The third kappa shape index (κ3) is 4.08. The Bertz CT molecular complexity index is 1650. The molecule has 0 saturated carbocycles. The van der Waals surface area contributed by atoms with Crippen LogP contribution in [0.25, 0.3) is 6.08 Å². The van der Waals surface area contributed by atoms with Crippen LogP contribution in [0.2, 0.25) is 0 Å². The van der Waals surface area contributed by atoms with Crippen LogP contribution in [0.1, 0.15) is 34.4 Å². The van der Waals surface area contributed by atoms with E-state index in [1.807, 2.05) is 102 Å². The fourth-order valence-corrected chi connectivity index (χ4v) is 6.58. The number of benzene rings is 4. The van der Waals surface area contributed by atoms with E-state index in [1.54, 1.807) is 31.4 Å². The minimum atomic E-state index is -0.987. The van der Waals surface area contributed by atoms with Gasteiger partial charge in [-0.05, 0) is 52.6 Å². The molecule has 4 atom stereocenters. The van der Waals surface area contributed by atoms with E-state index in [9.17, 15) is 14.4 Å². The van der Waals surface area contributed by atoms with Crippen molar-refractivity contribution in [2.45, 2.75) is 18.2 Å². The number of rotatable bonds is 6. The van der Waals surface area contributed by atoms with Gasteiger partial charge in [-0.15, -0.1) is 0 Å². The molecule has 4 aromatic rings. The standard InChI is InChI=1S/C35H28N2O5/c1-41-26-18-16-25(17-19-26)37-33(38)28-29(34(37)39)31(36-21-20-22-10-8-9-15-27(22)30(28)36)35(40)42-32(23-11-4-2-5-12-23)24-13-6-3-7-14-24/h2-21,28-32H,1H3/t28-,29+,30+,31+/m0/s1. The lowest BCUT2D eigenvalue weighted by Crippen LogP contribution is -2.45. The Kier molecular flexibility index (Phi) is 6.35. The normalized spacial score (nSPS) is 22.1. The van der Waals surface area contributed by atoms with Crippen LogP contribution in [0.3, 0.4) is 0 Å². The average molecular weight is 557 g/mol. The first kappa shape index (κ1) is 25.8. The van der Waals surface area contributed by atoms with Crippen LogP contribution in [0.5, 0.6) is 5.75 Å². The Hall–Kier alpha value is -5.17. The van der Waals surface area contributed by atoms with Gasteiger partial charge in [0.15, 0.2) is 6.10 Å². The molecule has 3 heterocycles. The summed E-state index contributed by atoms with van der Waals surface area (Å²) in [4.78, 5) is 45.7. The second kappa shape index (κ2) is 10.3. The minimum Gasteiger partial charge on any atom is -0.497 e. The van der Waals surface area contributed by atoms with Crippen molar-refractivity contribution in [2.75, 3.05) is 12.0 Å². The first-order valence-electron chi connectivity index (χ1n) is 13.9. The maximum atomic E-state index is 14.3. The Morgan fingerprint density at radius 1 is 0.738 bits per heavy atom. The molecular formula is C35H28N2O5. The quantitative estimate of drug-likeness (QED) is 0.229. The van der Waals surface area contributed by atoms with E-state index < -0.39 is 41.9 Å². The van der Waals surface area contributed by atoms with Gasteiger partial charge in [0.25, 0.3) is 0 Å². The SMILES string of the molecule is COc1ccc(N2C(=O)[C@@H]3[C@H](C2=O)[C@H]2c4ccccc4C=CN2[C@H]3C(=O)OC(c2ccccc2)c2ccccc2)cc1. The van der Waals surface area contributed by atoms with Crippen molar-refractivity contribution in [1.29, 1.82) is 0 Å². The van der Waals surface area contributed by atoms with Gasteiger partial charge in [-0.2, -0.15) is 0 Å². The van der Waals surface area contributed by atoms with Gasteiger partial charge < -0.3 is 14.4 Å². The predicted molar refractivity (Wildman–Crippen MR) is 157 cm³/mol. The smallest absolute Gasteiger partial charge is 0.330 e. The number of anilines is 1. The molecule has 208 valence electrons. The van der Waals surface area contributed by atoms with Crippen molar-refractivity contribution in [3.8, 4) is 5.75 Å². The largest absolute Gasteiger partial charge is 0.497 e. The molecule has 3 aliphatic heterocycles. The molecule has 7 rings (SSSR count). The van der Waals surface area contributed by atoms with Gasteiger partial charge in [-0.25, -0.2) is 9.69 Å². The van der Waals surface area contributed by atoms with Crippen LogP contribution in [0.4, 0.5) is 5.69 Å². The van der Waals surface area contributed by atoms with Crippen LogP contribution in [-0.2, 0) is 19.1 Å². The zero-order valence-corrected chi connectivity index (χ0v) is 22.9. The van der Waals surface area contributed by atoms with Crippen molar-refractivity contribution in [3.05, 3.63) is 138 Å². The molecule has 0 radical (unpaired) electrons. The van der Waals surface area contributed by atoms with Crippen molar-refractivity contribution in [2.24, 2.45) is 11.8 Å². The van der Waals surface area contributed by atoms with Crippen LogP contribution in [0.15, 0.2) is 115 Å². The molecular weight excluding hydrogens is 528 g/mol. The number of imide groups is 1. The Morgan fingerprint density at radius 3 is 1.98 bits per heavy atom. The first-order chi connectivity index (χ1) is 20.6. The molecule has 0 N–H and O–H groups in total. The lowest BCUT2D eigenvalue weighted by Gasteiger charge is -2.35. The summed E-state index contributed by atoms with van der Waals surface area (Å²) in [5.74, 6) is -2.34. The maximum Gasteiger partial charge on any atom is 0.330 e. The third-order valence-electron chi connectivity index (χ3n) is 8.47. The molecule has 0 spiro atoms. The zero-order chi connectivity index (χ0) is 28.8. The van der Waals surface area contributed by atoms with E-state index >= 15 is 0 Å². The van der Waals surface area contributed by atoms with Gasteiger partial charge in [0, 0.05) is 6.20 Å². The second-order valence-electron chi connectivity index (χ2n) is 10.7. The number of fused-ring (bicyclic) bond motifs is 5. The third-order valence-corrected chi connectivity index (χ3v) is 8.47. The number of amides is 2. The molecule has 0 bridgehead atoms. The van der Waals surface area contributed by atoms with Crippen molar-refractivity contribution < 1.29 is 23.9 Å². The first-order valence-corrected chi connectivity index (χ1v) is 13.9. The van der Waals surface area contributed by atoms with Crippen LogP contribution < -0.4 is 9.64 Å². The molecule has 0 aliphatic carbocycles. The molecule has 4 aromatic carbocycles. The fourth-order valence-electron chi connectivity index (χ4n) is 6.58. The summed E-state index contributed by atoms with van der Waals surface area (Å²) in [7, 11) is 1.56. The highest BCUT2D eigenvalue weighted by molar-refractivity contribution is 6.24. The van der Waals surface area contributed by atoms with Gasteiger partial charge in [0.2, 0.25) is 11.8 Å². The summed E-state index contributed by atoms with van der Waals surface area (Å²) in [6.45, 7) is 0. The number of carbonyl (C=O) groups excluding carboxylic acids is 3.